The fourth-order valence-corrected chi connectivity index (χ4v) is 4.03. The lowest BCUT2D eigenvalue weighted by atomic mass is 9.82. The molecule has 0 bridgehead atoms. The van der Waals surface area contributed by atoms with Crippen LogP contribution in [0.4, 0.5) is 5.95 Å². The van der Waals surface area contributed by atoms with Crippen molar-refractivity contribution < 1.29 is 9.53 Å². The molecule has 0 saturated carbocycles. The second-order valence-corrected chi connectivity index (χ2v) is 7.42. The van der Waals surface area contributed by atoms with E-state index in [0.717, 1.165) is 37.9 Å². The van der Waals surface area contributed by atoms with Crippen molar-refractivity contribution in [3.8, 4) is 0 Å². The number of carbonyl (C=O) groups excluding carboxylic acids is 1. The number of likely N-dealkylation sites (tertiary alicyclic amines) is 1. The Morgan fingerprint density at radius 3 is 2.78 bits per heavy atom. The minimum absolute atomic E-state index is 0.0682. The molecule has 0 aromatic carbocycles. The van der Waals surface area contributed by atoms with E-state index >= 15 is 0 Å². The molecule has 1 spiro atoms. The van der Waals surface area contributed by atoms with Gasteiger partial charge in [-0.25, -0.2) is 9.97 Å². The summed E-state index contributed by atoms with van der Waals surface area (Å²) in [5.41, 5.74) is 1.50. The van der Waals surface area contributed by atoms with Gasteiger partial charge in [-0.2, -0.15) is 0 Å². The molecule has 7 nitrogen and oxygen atoms in total. The predicted octanol–water partition coefficient (Wildman–Crippen LogP) is 2.45. The minimum atomic E-state index is -0.161. The average molecular weight is 367 g/mol. The van der Waals surface area contributed by atoms with E-state index in [1.807, 2.05) is 24.0 Å². The van der Waals surface area contributed by atoms with E-state index in [1.54, 1.807) is 24.8 Å². The molecule has 2 saturated heterocycles. The van der Waals surface area contributed by atoms with Crippen LogP contribution in [-0.4, -0.2) is 57.1 Å². The number of hydrogen-bond donors (Lipinski definition) is 1. The molecule has 4 heterocycles. The first-order valence-corrected chi connectivity index (χ1v) is 9.53. The zero-order valence-electron chi connectivity index (χ0n) is 15.6. The van der Waals surface area contributed by atoms with Crippen LogP contribution in [0.1, 0.15) is 41.6 Å². The van der Waals surface area contributed by atoms with Crippen LogP contribution in [0.5, 0.6) is 0 Å². The zero-order chi connectivity index (χ0) is 18.7. The molecule has 142 valence electrons. The van der Waals surface area contributed by atoms with E-state index in [-0.39, 0.29) is 11.5 Å². The van der Waals surface area contributed by atoms with Gasteiger partial charge in [-0.1, -0.05) is 0 Å². The van der Waals surface area contributed by atoms with Crippen molar-refractivity contribution in [3.63, 3.8) is 0 Å². The summed E-state index contributed by atoms with van der Waals surface area (Å²) < 4.78 is 6.20. The van der Waals surface area contributed by atoms with Gasteiger partial charge in [-0.05, 0) is 50.3 Å². The Balaban J connectivity index is 1.37. The van der Waals surface area contributed by atoms with Gasteiger partial charge >= 0.3 is 0 Å². The van der Waals surface area contributed by atoms with E-state index in [2.05, 4.69) is 20.3 Å². The van der Waals surface area contributed by atoms with Gasteiger partial charge in [0.1, 0.15) is 0 Å². The van der Waals surface area contributed by atoms with Crippen LogP contribution in [0.15, 0.2) is 36.9 Å². The SMILES string of the molecule is Cc1ccncc1C(=O)N1CCC2(CC1)CC(Nc1ncccn1)CCO2. The quantitative estimate of drug-likeness (QED) is 0.898. The van der Waals surface area contributed by atoms with Crippen LogP contribution in [-0.2, 0) is 4.74 Å². The van der Waals surface area contributed by atoms with Crippen LogP contribution >= 0.6 is 0 Å². The van der Waals surface area contributed by atoms with E-state index in [0.29, 0.717) is 30.6 Å². The summed E-state index contributed by atoms with van der Waals surface area (Å²) in [5, 5.41) is 3.43. The van der Waals surface area contributed by atoms with E-state index in [1.165, 1.54) is 0 Å². The Kier molecular flexibility index (Phi) is 5.03. The first-order valence-electron chi connectivity index (χ1n) is 9.53. The molecule has 2 aromatic heterocycles. The minimum Gasteiger partial charge on any atom is -0.375 e. The highest BCUT2D eigenvalue weighted by atomic mass is 16.5. The van der Waals surface area contributed by atoms with Crippen molar-refractivity contribution in [1.82, 2.24) is 19.9 Å². The third-order valence-corrected chi connectivity index (χ3v) is 5.62. The lowest BCUT2D eigenvalue weighted by molar-refractivity contribution is -0.110. The highest BCUT2D eigenvalue weighted by Crippen LogP contribution is 2.36. The standard InChI is InChI=1S/C20H25N5O2/c1-15-3-9-21-14-17(15)18(26)25-10-5-20(6-11-25)13-16(4-12-27-20)24-19-22-7-2-8-23-19/h2-3,7-9,14,16H,4-6,10-13H2,1H3,(H,22,23,24). The van der Waals surface area contributed by atoms with Gasteiger partial charge in [0.15, 0.2) is 0 Å². The molecule has 27 heavy (non-hydrogen) atoms. The van der Waals surface area contributed by atoms with Crippen molar-refractivity contribution in [2.24, 2.45) is 0 Å². The molecule has 2 aromatic rings. The molecule has 2 fully saturated rings. The average Bonchev–Trinajstić information content (AvgIpc) is 2.69. The normalized spacial score (nSPS) is 21.8. The molecule has 2 aliphatic heterocycles. The highest BCUT2D eigenvalue weighted by molar-refractivity contribution is 5.95. The van der Waals surface area contributed by atoms with Crippen molar-refractivity contribution in [2.45, 2.75) is 44.2 Å². The number of rotatable bonds is 3. The van der Waals surface area contributed by atoms with Crippen LogP contribution in [0.25, 0.3) is 0 Å². The fourth-order valence-electron chi connectivity index (χ4n) is 4.03. The molecule has 2 aliphatic rings. The van der Waals surface area contributed by atoms with Gasteiger partial charge in [-0.3, -0.25) is 9.78 Å². The molecule has 0 aliphatic carbocycles. The molecule has 7 heteroatoms. The lowest BCUT2D eigenvalue weighted by Crippen LogP contribution is -2.52. The van der Waals surface area contributed by atoms with Crippen LogP contribution < -0.4 is 5.32 Å². The number of amides is 1. The summed E-state index contributed by atoms with van der Waals surface area (Å²) >= 11 is 0. The molecule has 1 N–H and O–H groups in total. The maximum Gasteiger partial charge on any atom is 0.255 e. The fraction of sp³-hybridized carbons (Fsp3) is 0.500. The van der Waals surface area contributed by atoms with E-state index in [4.69, 9.17) is 4.74 Å². The second kappa shape index (κ2) is 7.60. The molecule has 0 radical (unpaired) electrons. The number of pyridine rings is 1. The molecule has 1 amide bonds. The number of piperidine rings is 1. The number of nitrogens with one attached hydrogen (secondary N) is 1. The predicted molar refractivity (Wildman–Crippen MR) is 101 cm³/mol. The smallest absolute Gasteiger partial charge is 0.255 e. The Morgan fingerprint density at radius 2 is 2.04 bits per heavy atom. The number of aromatic nitrogens is 3. The Labute approximate surface area is 159 Å². The van der Waals surface area contributed by atoms with Crippen molar-refractivity contribution in [1.29, 1.82) is 0 Å². The van der Waals surface area contributed by atoms with Gasteiger partial charge in [0.05, 0.1) is 11.2 Å². The second-order valence-electron chi connectivity index (χ2n) is 7.42. The van der Waals surface area contributed by atoms with Crippen molar-refractivity contribution in [3.05, 3.63) is 48.0 Å². The molecular formula is C20H25N5O2. The monoisotopic (exact) mass is 367 g/mol. The first-order chi connectivity index (χ1) is 13.2. The summed E-state index contributed by atoms with van der Waals surface area (Å²) in [6.45, 7) is 4.09. The summed E-state index contributed by atoms with van der Waals surface area (Å²) in [4.78, 5) is 27.4. The van der Waals surface area contributed by atoms with Gasteiger partial charge < -0.3 is 15.0 Å². The van der Waals surface area contributed by atoms with E-state index in [9.17, 15) is 4.79 Å². The third-order valence-electron chi connectivity index (χ3n) is 5.62. The topological polar surface area (TPSA) is 80.2 Å². The van der Waals surface area contributed by atoms with Crippen LogP contribution in [0.3, 0.4) is 0 Å². The maximum atomic E-state index is 12.8. The molecule has 1 unspecified atom stereocenters. The summed E-state index contributed by atoms with van der Waals surface area (Å²) in [6.07, 6.45) is 10.4. The Morgan fingerprint density at radius 1 is 1.26 bits per heavy atom. The highest BCUT2D eigenvalue weighted by Gasteiger charge is 2.41. The number of anilines is 1. The largest absolute Gasteiger partial charge is 0.375 e. The van der Waals surface area contributed by atoms with Crippen LogP contribution in [0.2, 0.25) is 0 Å². The van der Waals surface area contributed by atoms with Crippen LogP contribution in [0, 0.1) is 6.92 Å². The number of nitrogens with zero attached hydrogens (tertiary/aromatic N) is 4. The summed E-state index contributed by atoms with van der Waals surface area (Å²) in [7, 11) is 0. The molecule has 4 rings (SSSR count). The van der Waals surface area contributed by atoms with Gasteiger partial charge in [0, 0.05) is 50.5 Å². The number of carbonyl (C=O) groups is 1. The zero-order valence-corrected chi connectivity index (χ0v) is 15.6. The summed E-state index contributed by atoms with van der Waals surface area (Å²) in [5.74, 6) is 0.734. The molecular weight excluding hydrogens is 342 g/mol. The first kappa shape index (κ1) is 17.9. The van der Waals surface area contributed by atoms with Crippen molar-refractivity contribution >= 4 is 11.9 Å². The van der Waals surface area contributed by atoms with E-state index < -0.39 is 0 Å². The molecule has 1 atom stereocenters. The van der Waals surface area contributed by atoms with Gasteiger partial charge in [-0.15, -0.1) is 0 Å². The Bertz CT molecular complexity index is 790. The van der Waals surface area contributed by atoms with Gasteiger partial charge in [0.25, 0.3) is 5.91 Å². The third kappa shape index (κ3) is 3.93. The number of ether oxygens (including phenoxy) is 1. The number of hydrogen-bond acceptors (Lipinski definition) is 6. The number of aryl methyl sites for hydroxylation is 1. The maximum absolute atomic E-state index is 12.8. The summed E-state index contributed by atoms with van der Waals surface area (Å²) in [6, 6.07) is 3.99. The lowest BCUT2D eigenvalue weighted by Gasteiger charge is -2.46. The Hall–Kier alpha value is -2.54. The van der Waals surface area contributed by atoms with Crippen molar-refractivity contribution in [2.75, 3.05) is 25.0 Å². The van der Waals surface area contributed by atoms with Gasteiger partial charge in [0.2, 0.25) is 5.95 Å².